The molecule has 0 aromatic carbocycles. The van der Waals surface area contributed by atoms with Crippen LogP contribution in [-0.2, 0) is 4.74 Å². The Morgan fingerprint density at radius 2 is 2.25 bits per heavy atom. The van der Waals surface area contributed by atoms with Gasteiger partial charge in [-0.3, -0.25) is 5.73 Å². The molecule has 72 valence electrons. The average Bonchev–Trinajstić information content (AvgIpc) is 2.25. The molecule has 0 bridgehead atoms. The SMILES string of the molecule is N[C@]1(O)O[C@H]([C@H](O)CO)C[C@H]1O. The van der Waals surface area contributed by atoms with Crippen LogP contribution in [0.15, 0.2) is 0 Å². The Labute approximate surface area is 69.2 Å². The maximum atomic E-state index is 9.09. The predicted molar refractivity (Wildman–Crippen MR) is 37.7 cm³/mol. The van der Waals surface area contributed by atoms with Crippen molar-refractivity contribution in [2.24, 2.45) is 5.73 Å². The number of rotatable bonds is 2. The third-order valence-corrected chi connectivity index (χ3v) is 1.89. The van der Waals surface area contributed by atoms with Crippen molar-refractivity contribution in [2.45, 2.75) is 30.6 Å². The number of aliphatic hydroxyl groups excluding tert-OH is 3. The zero-order valence-electron chi connectivity index (χ0n) is 6.42. The standard InChI is InChI=1S/C6H13NO5/c7-6(11)5(10)1-4(12-6)3(9)2-8/h3-5,8-11H,1-2,7H2/t3-,4+,5-,6-/m1/s1. The van der Waals surface area contributed by atoms with Gasteiger partial charge in [0.25, 0.3) is 0 Å². The first kappa shape index (κ1) is 9.85. The number of nitrogens with two attached hydrogens (primary N) is 1. The molecule has 0 radical (unpaired) electrons. The van der Waals surface area contributed by atoms with Crippen LogP contribution in [-0.4, -0.2) is 51.3 Å². The van der Waals surface area contributed by atoms with Gasteiger partial charge in [0.05, 0.1) is 12.7 Å². The van der Waals surface area contributed by atoms with Gasteiger partial charge in [-0.15, -0.1) is 0 Å². The predicted octanol–water partition coefficient (Wildman–Crippen LogP) is -2.91. The normalized spacial score (nSPS) is 44.8. The molecule has 6 nitrogen and oxygen atoms in total. The van der Waals surface area contributed by atoms with Gasteiger partial charge in [0.1, 0.15) is 12.2 Å². The van der Waals surface area contributed by atoms with Gasteiger partial charge in [-0.2, -0.15) is 0 Å². The van der Waals surface area contributed by atoms with Crippen LogP contribution in [0.3, 0.4) is 0 Å². The molecule has 0 aromatic heterocycles. The van der Waals surface area contributed by atoms with Gasteiger partial charge in [-0.1, -0.05) is 0 Å². The fraction of sp³-hybridized carbons (Fsp3) is 1.00. The molecule has 1 fully saturated rings. The van der Waals surface area contributed by atoms with Gasteiger partial charge in [-0.05, 0) is 0 Å². The molecule has 1 heterocycles. The molecule has 4 atom stereocenters. The van der Waals surface area contributed by atoms with Crippen LogP contribution >= 0.6 is 0 Å². The van der Waals surface area contributed by atoms with E-state index >= 15 is 0 Å². The quantitative estimate of drug-likeness (QED) is 0.290. The minimum absolute atomic E-state index is 0.00866. The van der Waals surface area contributed by atoms with Crippen molar-refractivity contribution in [3.63, 3.8) is 0 Å². The van der Waals surface area contributed by atoms with E-state index in [0.29, 0.717) is 0 Å². The molecular weight excluding hydrogens is 166 g/mol. The van der Waals surface area contributed by atoms with E-state index in [1.807, 2.05) is 0 Å². The highest BCUT2D eigenvalue weighted by Crippen LogP contribution is 2.26. The molecule has 1 saturated heterocycles. The van der Waals surface area contributed by atoms with Crippen LogP contribution in [0.4, 0.5) is 0 Å². The lowest BCUT2D eigenvalue weighted by Crippen LogP contribution is -2.48. The zero-order chi connectivity index (χ0) is 9.35. The molecule has 1 rings (SSSR count). The summed E-state index contributed by atoms with van der Waals surface area (Å²) in [6.07, 6.45) is -3.17. The largest absolute Gasteiger partial charge is 0.394 e. The maximum Gasteiger partial charge on any atom is 0.250 e. The van der Waals surface area contributed by atoms with Crippen LogP contribution < -0.4 is 5.73 Å². The molecule has 1 aliphatic heterocycles. The molecule has 0 aliphatic carbocycles. The Bertz CT molecular complexity index is 162. The maximum absolute atomic E-state index is 9.09. The molecular formula is C6H13NO5. The van der Waals surface area contributed by atoms with Gasteiger partial charge < -0.3 is 25.2 Å². The summed E-state index contributed by atoms with van der Waals surface area (Å²) in [4.78, 5) is 0. The molecule has 0 unspecified atom stereocenters. The molecule has 0 aromatic rings. The van der Waals surface area contributed by atoms with Crippen molar-refractivity contribution < 1.29 is 25.2 Å². The minimum Gasteiger partial charge on any atom is -0.394 e. The number of hydrogen-bond acceptors (Lipinski definition) is 6. The summed E-state index contributed by atoms with van der Waals surface area (Å²) in [5, 5.41) is 35.7. The van der Waals surface area contributed by atoms with Crippen molar-refractivity contribution in [1.82, 2.24) is 0 Å². The van der Waals surface area contributed by atoms with Crippen LogP contribution in [0.1, 0.15) is 6.42 Å². The first-order valence-corrected chi connectivity index (χ1v) is 3.63. The Balaban J connectivity index is 2.54. The smallest absolute Gasteiger partial charge is 0.250 e. The van der Waals surface area contributed by atoms with E-state index in [1.165, 1.54) is 0 Å². The van der Waals surface area contributed by atoms with Crippen LogP contribution in [0.25, 0.3) is 0 Å². The van der Waals surface area contributed by atoms with Gasteiger partial charge in [-0.25, -0.2) is 0 Å². The zero-order valence-corrected chi connectivity index (χ0v) is 6.42. The topological polar surface area (TPSA) is 116 Å². The Kier molecular flexibility index (Phi) is 2.67. The third-order valence-electron chi connectivity index (χ3n) is 1.89. The van der Waals surface area contributed by atoms with Crippen LogP contribution in [0, 0.1) is 0 Å². The van der Waals surface area contributed by atoms with E-state index in [4.69, 9.17) is 26.2 Å². The van der Waals surface area contributed by atoms with Gasteiger partial charge in [0, 0.05) is 6.42 Å². The van der Waals surface area contributed by atoms with E-state index < -0.39 is 30.8 Å². The van der Waals surface area contributed by atoms with Gasteiger partial charge in [0.15, 0.2) is 0 Å². The Hall–Kier alpha value is -0.240. The van der Waals surface area contributed by atoms with E-state index in [0.717, 1.165) is 0 Å². The number of hydrogen-bond donors (Lipinski definition) is 5. The highest BCUT2D eigenvalue weighted by Gasteiger charge is 2.46. The third kappa shape index (κ3) is 1.74. The second-order valence-corrected chi connectivity index (χ2v) is 2.91. The number of aliphatic hydroxyl groups is 4. The average molecular weight is 179 g/mol. The molecule has 6 heteroatoms. The lowest BCUT2D eigenvalue weighted by molar-refractivity contribution is -0.234. The van der Waals surface area contributed by atoms with E-state index in [2.05, 4.69) is 4.74 Å². The molecule has 0 spiro atoms. The van der Waals surface area contributed by atoms with Crippen molar-refractivity contribution in [2.75, 3.05) is 6.61 Å². The fourth-order valence-electron chi connectivity index (χ4n) is 1.11. The van der Waals surface area contributed by atoms with E-state index in [9.17, 15) is 0 Å². The van der Waals surface area contributed by atoms with Gasteiger partial charge in [0.2, 0.25) is 5.91 Å². The second kappa shape index (κ2) is 3.25. The minimum atomic E-state index is -2.11. The van der Waals surface area contributed by atoms with Crippen molar-refractivity contribution in [3.8, 4) is 0 Å². The highest BCUT2D eigenvalue weighted by atomic mass is 16.7. The summed E-state index contributed by atoms with van der Waals surface area (Å²) < 4.78 is 4.69. The van der Waals surface area contributed by atoms with Crippen molar-refractivity contribution >= 4 is 0 Å². The summed E-state index contributed by atoms with van der Waals surface area (Å²) in [6, 6.07) is 0. The lowest BCUT2D eigenvalue weighted by Gasteiger charge is -2.21. The van der Waals surface area contributed by atoms with Crippen LogP contribution in [0.5, 0.6) is 0 Å². The molecule has 0 saturated carbocycles. The van der Waals surface area contributed by atoms with Crippen molar-refractivity contribution in [1.29, 1.82) is 0 Å². The lowest BCUT2D eigenvalue weighted by atomic mass is 10.1. The fourth-order valence-corrected chi connectivity index (χ4v) is 1.11. The summed E-state index contributed by atoms with van der Waals surface area (Å²) in [5.41, 5.74) is 5.09. The van der Waals surface area contributed by atoms with Gasteiger partial charge >= 0.3 is 0 Å². The summed E-state index contributed by atoms with van der Waals surface area (Å²) in [7, 11) is 0. The monoisotopic (exact) mass is 179 g/mol. The Morgan fingerprint density at radius 1 is 1.67 bits per heavy atom. The van der Waals surface area contributed by atoms with E-state index in [-0.39, 0.29) is 6.42 Å². The highest BCUT2D eigenvalue weighted by molar-refractivity contribution is 4.86. The van der Waals surface area contributed by atoms with Crippen LogP contribution in [0.2, 0.25) is 0 Å². The molecule has 12 heavy (non-hydrogen) atoms. The summed E-state index contributed by atoms with van der Waals surface area (Å²) >= 11 is 0. The van der Waals surface area contributed by atoms with Crippen molar-refractivity contribution in [3.05, 3.63) is 0 Å². The second-order valence-electron chi connectivity index (χ2n) is 2.91. The molecule has 6 N–H and O–H groups in total. The first-order valence-electron chi connectivity index (χ1n) is 3.63. The summed E-state index contributed by atoms with van der Waals surface area (Å²) in [6.45, 7) is -0.493. The summed E-state index contributed by atoms with van der Waals surface area (Å²) in [5.74, 6) is -2.11. The van der Waals surface area contributed by atoms with E-state index in [1.54, 1.807) is 0 Å². The Morgan fingerprint density at radius 3 is 2.58 bits per heavy atom. The molecule has 0 amide bonds. The first-order chi connectivity index (χ1) is 5.47. The molecule has 1 aliphatic rings. The number of ether oxygens (including phenoxy) is 1.